The Balaban J connectivity index is 2.03. The molecule has 1 amide bonds. The third kappa shape index (κ3) is 3.75. The van der Waals surface area contributed by atoms with Gasteiger partial charge >= 0.3 is 5.97 Å². The molecule has 6 heteroatoms. The molecule has 122 valence electrons. The van der Waals surface area contributed by atoms with Crippen molar-refractivity contribution in [2.75, 3.05) is 13.2 Å². The van der Waals surface area contributed by atoms with Crippen molar-refractivity contribution in [2.45, 2.75) is 50.7 Å². The highest BCUT2D eigenvalue weighted by Gasteiger charge is 2.48. The van der Waals surface area contributed by atoms with Crippen LogP contribution in [0.15, 0.2) is 25.3 Å². The summed E-state index contributed by atoms with van der Waals surface area (Å²) in [5.74, 6) is -0.366. The first-order valence-corrected chi connectivity index (χ1v) is 7.52. The predicted octanol–water partition coefficient (Wildman–Crippen LogP) is 1.41. The fourth-order valence-electron chi connectivity index (χ4n) is 2.85. The lowest BCUT2D eigenvalue weighted by Crippen LogP contribution is -2.53. The van der Waals surface area contributed by atoms with Crippen LogP contribution in [-0.4, -0.2) is 54.5 Å². The SMILES string of the molecule is C=CCCC(=O)OC1CC(N(CC=C)C(C)=O)C2COC1O2. The lowest BCUT2D eigenvalue weighted by molar-refractivity contribution is -0.198. The Bertz CT molecular complexity index is 450. The molecule has 2 saturated heterocycles. The third-order valence-electron chi connectivity index (χ3n) is 3.91. The maximum Gasteiger partial charge on any atom is 0.306 e. The first-order valence-electron chi connectivity index (χ1n) is 7.52. The number of hydrogen-bond donors (Lipinski definition) is 0. The molecule has 0 aromatic heterocycles. The van der Waals surface area contributed by atoms with Crippen LogP contribution >= 0.6 is 0 Å². The smallest absolute Gasteiger partial charge is 0.306 e. The molecular formula is C16H23NO5. The largest absolute Gasteiger partial charge is 0.457 e. The van der Waals surface area contributed by atoms with Gasteiger partial charge in [0.05, 0.1) is 12.6 Å². The number of carbonyl (C=O) groups is 2. The summed E-state index contributed by atoms with van der Waals surface area (Å²) in [5.41, 5.74) is 0. The number of rotatable bonds is 7. The minimum atomic E-state index is -0.536. The van der Waals surface area contributed by atoms with Crippen LogP contribution in [0, 0.1) is 0 Å². The quantitative estimate of drug-likeness (QED) is 0.525. The van der Waals surface area contributed by atoms with Gasteiger partial charge in [-0.3, -0.25) is 9.59 Å². The first-order chi connectivity index (χ1) is 10.6. The number of nitrogens with zero attached hydrogens (tertiary/aromatic N) is 1. The molecule has 2 rings (SSSR count). The summed E-state index contributed by atoms with van der Waals surface area (Å²) in [6.45, 7) is 9.60. The topological polar surface area (TPSA) is 65.1 Å². The molecule has 4 atom stereocenters. The second kappa shape index (κ2) is 7.56. The zero-order valence-corrected chi connectivity index (χ0v) is 12.9. The third-order valence-corrected chi connectivity index (χ3v) is 3.91. The van der Waals surface area contributed by atoms with E-state index in [0.29, 0.717) is 26.0 Å². The minimum absolute atomic E-state index is 0.0596. The molecule has 0 radical (unpaired) electrons. The highest BCUT2D eigenvalue weighted by Crippen LogP contribution is 2.32. The highest BCUT2D eigenvalue weighted by atomic mass is 16.7. The average Bonchev–Trinajstić information content (AvgIpc) is 2.91. The summed E-state index contributed by atoms with van der Waals surface area (Å²) in [5, 5.41) is 0. The van der Waals surface area contributed by atoms with Gasteiger partial charge in [0.1, 0.15) is 6.10 Å². The van der Waals surface area contributed by atoms with Gasteiger partial charge in [-0.15, -0.1) is 13.2 Å². The van der Waals surface area contributed by atoms with Crippen LogP contribution in [0.5, 0.6) is 0 Å². The number of ether oxygens (including phenoxy) is 3. The Kier molecular flexibility index (Phi) is 5.74. The molecule has 0 saturated carbocycles. The molecule has 0 spiro atoms. The van der Waals surface area contributed by atoms with Crippen molar-refractivity contribution in [1.82, 2.24) is 4.90 Å². The number of allylic oxidation sites excluding steroid dienone is 1. The Labute approximate surface area is 130 Å². The average molecular weight is 309 g/mol. The predicted molar refractivity (Wildman–Crippen MR) is 79.9 cm³/mol. The molecule has 0 aromatic rings. The van der Waals surface area contributed by atoms with E-state index in [9.17, 15) is 9.59 Å². The lowest BCUT2D eigenvalue weighted by Gasteiger charge is -2.39. The second-order valence-electron chi connectivity index (χ2n) is 5.50. The number of fused-ring (bicyclic) bond motifs is 2. The molecule has 2 bridgehead atoms. The van der Waals surface area contributed by atoms with E-state index >= 15 is 0 Å². The van der Waals surface area contributed by atoms with E-state index < -0.39 is 12.4 Å². The van der Waals surface area contributed by atoms with E-state index in [-0.39, 0.29) is 30.4 Å². The van der Waals surface area contributed by atoms with Gasteiger partial charge in [-0.2, -0.15) is 0 Å². The highest BCUT2D eigenvalue weighted by molar-refractivity contribution is 5.74. The molecular weight excluding hydrogens is 286 g/mol. The zero-order valence-electron chi connectivity index (χ0n) is 12.9. The van der Waals surface area contributed by atoms with Gasteiger partial charge in [0.25, 0.3) is 0 Å². The van der Waals surface area contributed by atoms with Crippen molar-refractivity contribution in [1.29, 1.82) is 0 Å². The zero-order chi connectivity index (χ0) is 16.1. The van der Waals surface area contributed by atoms with Crippen molar-refractivity contribution < 1.29 is 23.8 Å². The lowest BCUT2D eigenvalue weighted by atomic mass is 9.99. The van der Waals surface area contributed by atoms with Gasteiger partial charge in [-0.25, -0.2) is 0 Å². The second-order valence-corrected chi connectivity index (χ2v) is 5.50. The Morgan fingerprint density at radius 2 is 2.14 bits per heavy atom. The van der Waals surface area contributed by atoms with E-state index in [2.05, 4.69) is 13.2 Å². The van der Waals surface area contributed by atoms with Crippen molar-refractivity contribution in [2.24, 2.45) is 0 Å². The molecule has 0 aliphatic carbocycles. The summed E-state index contributed by atoms with van der Waals surface area (Å²) in [7, 11) is 0. The maximum atomic E-state index is 11.8. The molecule has 2 heterocycles. The van der Waals surface area contributed by atoms with Crippen LogP contribution in [0.25, 0.3) is 0 Å². The Morgan fingerprint density at radius 3 is 2.77 bits per heavy atom. The number of esters is 1. The van der Waals surface area contributed by atoms with Gasteiger partial charge in [0.15, 0.2) is 12.4 Å². The summed E-state index contributed by atoms with van der Waals surface area (Å²) in [6, 6.07) is -0.175. The van der Waals surface area contributed by atoms with Gasteiger partial charge in [-0.05, 0) is 6.42 Å². The minimum Gasteiger partial charge on any atom is -0.457 e. The molecule has 0 N–H and O–H groups in total. The molecule has 22 heavy (non-hydrogen) atoms. The van der Waals surface area contributed by atoms with E-state index in [1.807, 2.05) is 0 Å². The van der Waals surface area contributed by atoms with Gasteiger partial charge in [-0.1, -0.05) is 12.2 Å². The molecule has 0 aromatic carbocycles. The fraction of sp³-hybridized carbons (Fsp3) is 0.625. The Morgan fingerprint density at radius 1 is 1.36 bits per heavy atom. The number of hydrogen-bond acceptors (Lipinski definition) is 5. The monoisotopic (exact) mass is 309 g/mol. The van der Waals surface area contributed by atoms with Crippen molar-refractivity contribution in [3.8, 4) is 0 Å². The summed E-state index contributed by atoms with van der Waals surface area (Å²) in [4.78, 5) is 25.3. The Hall–Kier alpha value is -1.66. The van der Waals surface area contributed by atoms with Crippen molar-refractivity contribution >= 4 is 11.9 Å². The summed E-state index contributed by atoms with van der Waals surface area (Å²) in [6.07, 6.45) is 3.50. The van der Waals surface area contributed by atoms with Gasteiger partial charge in [0.2, 0.25) is 5.91 Å². The van der Waals surface area contributed by atoms with Crippen LogP contribution in [0.1, 0.15) is 26.2 Å². The molecule has 2 aliphatic heterocycles. The van der Waals surface area contributed by atoms with E-state index in [1.54, 1.807) is 17.1 Å². The normalized spacial score (nSPS) is 29.7. The number of amides is 1. The molecule has 4 unspecified atom stereocenters. The van der Waals surface area contributed by atoms with Crippen molar-refractivity contribution in [3.63, 3.8) is 0 Å². The molecule has 2 fully saturated rings. The number of carbonyl (C=O) groups excluding carboxylic acids is 2. The van der Waals surface area contributed by atoms with E-state index in [0.717, 1.165) is 0 Å². The van der Waals surface area contributed by atoms with Crippen molar-refractivity contribution in [3.05, 3.63) is 25.3 Å². The van der Waals surface area contributed by atoms with E-state index in [4.69, 9.17) is 14.2 Å². The van der Waals surface area contributed by atoms with Gasteiger partial charge in [0, 0.05) is 26.3 Å². The van der Waals surface area contributed by atoms with Crippen LogP contribution in [0.2, 0.25) is 0 Å². The van der Waals surface area contributed by atoms with Crippen LogP contribution in [0.4, 0.5) is 0 Å². The molecule has 2 aliphatic rings. The van der Waals surface area contributed by atoms with E-state index in [1.165, 1.54) is 6.92 Å². The van der Waals surface area contributed by atoms with Gasteiger partial charge < -0.3 is 19.1 Å². The standard InChI is InChI=1S/C16H23NO5/c1-4-6-7-15(19)21-13-9-12(14-10-20-16(13)22-14)17(8-5-2)11(3)18/h4-5,12-14,16H,1-2,6-10H2,3H3. The first kappa shape index (κ1) is 16.7. The summed E-state index contributed by atoms with van der Waals surface area (Å²) >= 11 is 0. The molecule has 6 nitrogen and oxygen atoms in total. The maximum absolute atomic E-state index is 11.8. The van der Waals surface area contributed by atoms with Crippen LogP contribution < -0.4 is 0 Å². The van der Waals surface area contributed by atoms with Crippen LogP contribution in [-0.2, 0) is 23.8 Å². The van der Waals surface area contributed by atoms with Crippen LogP contribution in [0.3, 0.4) is 0 Å². The summed E-state index contributed by atoms with van der Waals surface area (Å²) < 4.78 is 16.8. The fourth-order valence-corrected chi connectivity index (χ4v) is 2.85.